The van der Waals surface area contributed by atoms with Crippen LogP contribution in [0.3, 0.4) is 0 Å². The number of rotatable bonds is 6. The van der Waals surface area contributed by atoms with Gasteiger partial charge >= 0.3 is 5.97 Å². The minimum atomic E-state index is -1.01. The zero-order valence-electron chi connectivity index (χ0n) is 11.9. The minimum absolute atomic E-state index is 0.193. The molecular formula is C14H17N3O3S. The van der Waals surface area contributed by atoms with Crippen molar-refractivity contribution in [3.8, 4) is 0 Å². The summed E-state index contributed by atoms with van der Waals surface area (Å²) in [6.07, 6.45) is 3.95. The van der Waals surface area contributed by atoms with Crippen LogP contribution >= 0.6 is 11.8 Å². The molecule has 1 amide bonds. The van der Waals surface area contributed by atoms with Gasteiger partial charge in [0.1, 0.15) is 12.2 Å². The summed E-state index contributed by atoms with van der Waals surface area (Å²) in [5.41, 5.74) is 2.94. The van der Waals surface area contributed by atoms with Gasteiger partial charge in [0.05, 0.1) is 11.4 Å². The molecule has 0 aliphatic heterocycles. The minimum Gasteiger partial charge on any atom is -0.480 e. The Kier molecular flexibility index (Phi) is 4.85. The van der Waals surface area contributed by atoms with E-state index >= 15 is 0 Å². The van der Waals surface area contributed by atoms with E-state index in [1.54, 1.807) is 0 Å². The monoisotopic (exact) mass is 307 g/mol. The van der Waals surface area contributed by atoms with Gasteiger partial charge in [-0.2, -0.15) is 0 Å². The predicted molar refractivity (Wildman–Crippen MR) is 81.4 cm³/mol. The van der Waals surface area contributed by atoms with Crippen LogP contribution in [-0.2, 0) is 15.3 Å². The van der Waals surface area contributed by atoms with E-state index in [0.29, 0.717) is 5.75 Å². The average molecular weight is 307 g/mol. The number of amides is 1. The Morgan fingerprint density at radius 2 is 2.14 bits per heavy atom. The first-order chi connectivity index (χ1) is 9.95. The fraction of sp³-hybridized carbons (Fsp3) is 0.357. The van der Waals surface area contributed by atoms with E-state index in [9.17, 15) is 9.59 Å². The fourth-order valence-electron chi connectivity index (χ4n) is 1.87. The number of aliphatic carboxylic acids is 1. The van der Waals surface area contributed by atoms with E-state index in [1.165, 1.54) is 23.7 Å². The summed E-state index contributed by atoms with van der Waals surface area (Å²) in [7, 11) is 1.49. The Labute approximate surface area is 126 Å². The number of likely N-dealkylation sites (N-methyl/N-ethyl adjacent to an activating group) is 1. The number of carboxylic acid groups (broad SMARTS) is 1. The molecule has 0 bridgehead atoms. The Balaban J connectivity index is 1.87. The molecule has 2 heterocycles. The lowest BCUT2D eigenvalue weighted by Gasteiger charge is -2.13. The zero-order chi connectivity index (χ0) is 15.4. The average Bonchev–Trinajstić information content (AvgIpc) is 2.79. The third kappa shape index (κ3) is 4.22. The van der Waals surface area contributed by atoms with E-state index in [4.69, 9.17) is 5.11 Å². The molecule has 0 spiro atoms. The third-order valence-electron chi connectivity index (χ3n) is 2.92. The van der Waals surface area contributed by atoms with Gasteiger partial charge in [0, 0.05) is 25.2 Å². The van der Waals surface area contributed by atoms with Crippen molar-refractivity contribution in [2.45, 2.75) is 12.7 Å². The second kappa shape index (κ2) is 6.62. The van der Waals surface area contributed by atoms with Crippen molar-refractivity contribution in [3.63, 3.8) is 0 Å². The van der Waals surface area contributed by atoms with Gasteiger partial charge < -0.3 is 14.4 Å². The van der Waals surface area contributed by atoms with Gasteiger partial charge in [0.15, 0.2) is 0 Å². The Bertz CT molecular complexity index is 669. The number of imidazole rings is 1. The van der Waals surface area contributed by atoms with Gasteiger partial charge in [-0.25, -0.2) is 4.98 Å². The second-order valence-corrected chi connectivity index (χ2v) is 5.83. The van der Waals surface area contributed by atoms with E-state index in [2.05, 4.69) is 4.98 Å². The van der Waals surface area contributed by atoms with Crippen molar-refractivity contribution < 1.29 is 14.7 Å². The predicted octanol–water partition coefficient (Wildman–Crippen LogP) is 1.42. The van der Waals surface area contributed by atoms with Crippen LogP contribution in [0.25, 0.3) is 5.65 Å². The molecule has 0 aromatic carbocycles. The van der Waals surface area contributed by atoms with Gasteiger partial charge in [-0.15, -0.1) is 11.8 Å². The molecule has 7 heteroatoms. The number of carboxylic acids is 1. The van der Waals surface area contributed by atoms with Crippen LogP contribution in [0.5, 0.6) is 0 Å². The lowest BCUT2D eigenvalue weighted by atomic mass is 10.3. The topological polar surface area (TPSA) is 74.9 Å². The molecule has 0 aliphatic rings. The molecule has 0 saturated carbocycles. The lowest BCUT2D eigenvalue weighted by molar-refractivity contribution is -0.142. The SMILES string of the molecule is Cc1ccc2nc(CSCC(=O)N(C)CC(=O)O)cn2c1. The maximum Gasteiger partial charge on any atom is 0.323 e. The smallest absolute Gasteiger partial charge is 0.323 e. The number of hydrogen-bond acceptors (Lipinski definition) is 4. The Morgan fingerprint density at radius 3 is 2.86 bits per heavy atom. The van der Waals surface area contributed by atoms with Crippen molar-refractivity contribution in [2.75, 3.05) is 19.3 Å². The summed E-state index contributed by atoms with van der Waals surface area (Å²) in [5.74, 6) is -0.335. The fourth-order valence-corrected chi connectivity index (χ4v) is 2.71. The van der Waals surface area contributed by atoms with E-state index in [0.717, 1.165) is 16.9 Å². The van der Waals surface area contributed by atoms with Crippen molar-refractivity contribution in [2.24, 2.45) is 0 Å². The Morgan fingerprint density at radius 1 is 1.38 bits per heavy atom. The van der Waals surface area contributed by atoms with Gasteiger partial charge in [0.2, 0.25) is 5.91 Å². The van der Waals surface area contributed by atoms with Crippen molar-refractivity contribution >= 4 is 29.3 Å². The number of pyridine rings is 1. The van der Waals surface area contributed by atoms with Crippen LogP contribution in [0, 0.1) is 6.92 Å². The van der Waals surface area contributed by atoms with Crippen LogP contribution in [-0.4, -0.2) is 50.6 Å². The number of nitrogens with zero attached hydrogens (tertiary/aromatic N) is 3. The number of carbonyl (C=O) groups excluding carboxylic acids is 1. The quantitative estimate of drug-likeness (QED) is 0.873. The van der Waals surface area contributed by atoms with E-state index in [1.807, 2.05) is 35.9 Å². The maximum absolute atomic E-state index is 11.7. The number of fused-ring (bicyclic) bond motifs is 1. The van der Waals surface area contributed by atoms with Gasteiger partial charge in [-0.1, -0.05) is 6.07 Å². The first kappa shape index (κ1) is 15.4. The van der Waals surface area contributed by atoms with Crippen molar-refractivity contribution in [3.05, 3.63) is 35.8 Å². The van der Waals surface area contributed by atoms with Crippen LogP contribution < -0.4 is 0 Å². The van der Waals surface area contributed by atoms with Crippen LogP contribution in [0.15, 0.2) is 24.5 Å². The summed E-state index contributed by atoms with van der Waals surface area (Å²) in [6, 6.07) is 3.96. The molecule has 2 rings (SSSR count). The summed E-state index contributed by atoms with van der Waals surface area (Å²) >= 11 is 1.43. The highest BCUT2D eigenvalue weighted by Gasteiger charge is 2.12. The molecule has 0 fully saturated rings. The van der Waals surface area contributed by atoms with Gasteiger partial charge in [0.25, 0.3) is 0 Å². The summed E-state index contributed by atoms with van der Waals surface area (Å²) in [6.45, 7) is 1.75. The Hall–Kier alpha value is -2.02. The van der Waals surface area contributed by atoms with Crippen LogP contribution in [0.2, 0.25) is 0 Å². The number of carbonyl (C=O) groups is 2. The third-order valence-corrected chi connectivity index (χ3v) is 3.87. The lowest BCUT2D eigenvalue weighted by Crippen LogP contribution is -2.33. The van der Waals surface area contributed by atoms with Crippen molar-refractivity contribution in [1.29, 1.82) is 0 Å². The molecule has 0 radical (unpaired) electrons. The van der Waals surface area contributed by atoms with Gasteiger partial charge in [-0.05, 0) is 18.6 Å². The normalized spacial score (nSPS) is 10.8. The molecule has 0 unspecified atom stereocenters. The van der Waals surface area contributed by atoms with Crippen molar-refractivity contribution in [1.82, 2.24) is 14.3 Å². The summed E-state index contributed by atoms with van der Waals surface area (Å²) < 4.78 is 1.96. The van der Waals surface area contributed by atoms with E-state index in [-0.39, 0.29) is 18.2 Å². The molecule has 0 atom stereocenters. The standard InChI is InChI=1S/C14H17N3O3S/c1-10-3-4-12-15-11(6-17(12)5-10)8-21-9-13(18)16(2)7-14(19)20/h3-6H,7-9H2,1-2H3,(H,19,20). The summed E-state index contributed by atoms with van der Waals surface area (Å²) in [4.78, 5) is 27.9. The maximum atomic E-state index is 11.7. The summed E-state index contributed by atoms with van der Waals surface area (Å²) in [5, 5.41) is 8.63. The molecule has 112 valence electrons. The second-order valence-electron chi connectivity index (χ2n) is 4.84. The highest BCUT2D eigenvalue weighted by atomic mass is 32.2. The molecule has 0 saturated heterocycles. The van der Waals surface area contributed by atoms with Crippen LogP contribution in [0.4, 0.5) is 0 Å². The number of hydrogen-bond donors (Lipinski definition) is 1. The largest absolute Gasteiger partial charge is 0.480 e. The number of aryl methyl sites for hydroxylation is 1. The van der Waals surface area contributed by atoms with E-state index < -0.39 is 5.97 Å². The number of thioether (sulfide) groups is 1. The zero-order valence-corrected chi connectivity index (χ0v) is 12.8. The molecule has 2 aromatic heterocycles. The highest BCUT2D eigenvalue weighted by molar-refractivity contribution is 7.99. The number of aromatic nitrogens is 2. The first-order valence-electron chi connectivity index (χ1n) is 6.43. The molecule has 6 nitrogen and oxygen atoms in total. The molecule has 21 heavy (non-hydrogen) atoms. The first-order valence-corrected chi connectivity index (χ1v) is 7.59. The molecular weight excluding hydrogens is 290 g/mol. The van der Waals surface area contributed by atoms with Gasteiger partial charge in [-0.3, -0.25) is 9.59 Å². The highest BCUT2D eigenvalue weighted by Crippen LogP contribution is 2.14. The molecule has 1 N–H and O–H groups in total. The molecule has 2 aromatic rings. The van der Waals surface area contributed by atoms with Crippen LogP contribution in [0.1, 0.15) is 11.3 Å². The molecule has 0 aliphatic carbocycles.